The minimum absolute atomic E-state index is 1.01. The topological polar surface area (TPSA) is 15.3 Å². The van der Waals surface area contributed by atoms with E-state index in [9.17, 15) is 0 Å². The van der Waals surface area contributed by atoms with Crippen LogP contribution in [-0.4, -0.2) is 24.6 Å². The van der Waals surface area contributed by atoms with Crippen molar-refractivity contribution in [3.63, 3.8) is 0 Å². The summed E-state index contributed by atoms with van der Waals surface area (Å²) in [6, 6.07) is 0. The van der Waals surface area contributed by atoms with Gasteiger partial charge in [0.15, 0.2) is 0 Å². The molecule has 2 saturated heterocycles. The molecule has 2 heteroatoms. The second-order valence-corrected chi connectivity index (χ2v) is 3.15. The summed E-state index contributed by atoms with van der Waals surface area (Å²) in [4.78, 5) is 0. The van der Waals surface area contributed by atoms with E-state index in [1.54, 1.807) is 0 Å². The summed E-state index contributed by atoms with van der Waals surface area (Å²) in [6.45, 7) is 3.79. The molecular formula is C7H14N2. The molecule has 0 aliphatic carbocycles. The SMILES string of the molecule is C1CNN2CCC(C1)C2. The smallest absolute Gasteiger partial charge is 0.0159 e. The third kappa shape index (κ3) is 1.10. The van der Waals surface area contributed by atoms with Crippen LogP contribution in [0.5, 0.6) is 0 Å². The van der Waals surface area contributed by atoms with Crippen LogP contribution in [0.2, 0.25) is 0 Å². The minimum Gasteiger partial charge on any atom is -0.255 e. The number of rotatable bonds is 0. The molecule has 0 aromatic rings. The molecule has 0 amide bonds. The van der Waals surface area contributed by atoms with Crippen LogP contribution in [0.3, 0.4) is 0 Å². The summed E-state index contributed by atoms with van der Waals surface area (Å²) in [7, 11) is 0. The standard InChI is InChI=1S/C7H14N2/c1-2-7-3-5-9(6-7)8-4-1/h7-8H,1-6H2. The van der Waals surface area contributed by atoms with E-state index in [1.165, 1.54) is 38.9 Å². The Balaban J connectivity index is 1.99. The van der Waals surface area contributed by atoms with Crippen molar-refractivity contribution in [2.75, 3.05) is 19.6 Å². The van der Waals surface area contributed by atoms with Crippen molar-refractivity contribution in [1.29, 1.82) is 0 Å². The van der Waals surface area contributed by atoms with Crippen molar-refractivity contribution in [3.05, 3.63) is 0 Å². The highest BCUT2D eigenvalue weighted by Crippen LogP contribution is 2.21. The van der Waals surface area contributed by atoms with Crippen LogP contribution in [-0.2, 0) is 0 Å². The summed E-state index contributed by atoms with van der Waals surface area (Å²) < 4.78 is 0. The zero-order valence-electron chi connectivity index (χ0n) is 5.77. The summed E-state index contributed by atoms with van der Waals surface area (Å²) in [6.07, 6.45) is 4.25. The Morgan fingerprint density at radius 2 is 2.33 bits per heavy atom. The Morgan fingerprint density at radius 1 is 1.33 bits per heavy atom. The van der Waals surface area contributed by atoms with E-state index >= 15 is 0 Å². The lowest BCUT2D eigenvalue weighted by Gasteiger charge is -2.13. The van der Waals surface area contributed by atoms with Crippen molar-refractivity contribution in [3.8, 4) is 0 Å². The van der Waals surface area contributed by atoms with Gasteiger partial charge < -0.3 is 0 Å². The second-order valence-electron chi connectivity index (χ2n) is 3.15. The Bertz CT molecular complexity index is 91.1. The van der Waals surface area contributed by atoms with Gasteiger partial charge in [-0.05, 0) is 25.2 Å². The molecule has 2 rings (SSSR count). The van der Waals surface area contributed by atoms with Gasteiger partial charge in [-0.15, -0.1) is 0 Å². The molecule has 2 fully saturated rings. The molecule has 0 radical (unpaired) electrons. The monoisotopic (exact) mass is 126 g/mol. The van der Waals surface area contributed by atoms with Crippen molar-refractivity contribution >= 4 is 0 Å². The van der Waals surface area contributed by atoms with E-state index in [0.29, 0.717) is 0 Å². The van der Waals surface area contributed by atoms with E-state index in [2.05, 4.69) is 10.4 Å². The fourth-order valence-electron chi connectivity index (χ4n) is 1.84. The molecule has 0 aromatic heterocycles. The van der Waals surface area contributed by atoms with Crippen molar-refractivity contribution < 1.29 is 0 Å². The Morgan fingerprint density at radius 3 is 3.33 bits per heavy atom. The van der Waals surface area contributed by atoms with Gasteiger partial charge in [-0.25, -0.2) is 5.01 Å². The van der Waals surface area contributed by atoms with Crippen LogP contribution in [0.15, 0.2) is 0 Å². The van der Waals surface area contributed by atoms with Crippen LogP contribution in [0.1, 0.15) is 19.3 Å². The van der Waals surface area contributed by atoms with E-state index < -0.39 is 0 Å². The maximum Gasteiger partial charge on any atom is 0.0159 e. The predicted molar refractivity (Wildman–Crippen MR) is 36.9 cm³/mol. The number of fused-ring (bicyclic) bond motifs is 2. The fraction of sp³-hybridized carbons (Fsp3) is 1.00. The quantitative estimate of drug-likeness (QED) is 0.511. The molecule has 9 heavy (non-hydrogen) atoms. The molecule has 0 saturated carbocycles. The first-order chi connectivity index (χ1) is 4.45. The number of hydrazine groups is 1. The normalized spacial score (nSPS) is 42.7. The van der Waals surface area contributed by atoms with Gasteiger partial charge in [0, 0.05) is 19.6 Å². The van der Waals surface area contributed by atoms with Crippen LogP contribution >= 0.6 is 0 Å². The first-order valence-corrected chi connectivity index (χ1v) is 3.93. The molecule has 2 atom stereocenters. The van der Waals surface area contributed by atoms with Crippen LogP contribution in [0.25, 0.3) is 0 Å². The summed E-state index contributed by atoms with van der Waals surface area (Å²) in [5, 5.41) is 2.37. The van der Waals surface area contributed by atoms with Gasteiger partial charge in [-0.2, -0.15) is 0 Å². The summed E-state index contributed by atoms with van der Waals surface area (Å²) in [5.74, 6) is 1.01. The van der Waals surface area contributed by atoms with E-state index in [0.717, 1.165) is 5.92 Å². The number of nitrogens with zero attached hydrogens (tertiary/aromatic N) is 1. The summed E-state index contributed by atoms with van der Waals surface area (Å²) >= 11 is 0. The lowest BCUT2D eigenvalue weighted by molar-refractivity contribution is 0.242. The average Bonchev–Trinajstić information content (AvgIpc) is 2.09. The summed E-state index contributed by atoms with van der Waals surface area (Å²) in [5.41, 5.74) is 3.41. The lowest BCUT2D eigenvalue weighted by atomic mass is 10.0. The highest BCUT2D eigenvalue weighted by atomic mass is 15.5. The van der Waals surface area contributed by atoms with Crippen LogP contribution < -0.4 is 5.43 Å². The lowest BCUT2D eigenvalue weighted by Crippen LogP contribution is -2.34. The largest absolute Gasteiger partial charge is 0.255 e. The molecule has 0 aromatic carbocycles. The highest BCUT2D eigenvalue weighted by molar-refractivity contribution is 4.75. The Labute approximate surface area is 56.2 Å². The third-order valence-electron chi connectivity index (χ3n) is 2.41. The molecule has 2 aliphatic rings. The number of hydrogen-bond acceptors (Lipinski definition) is 2. The van der Waals surface area contributed by atoms with E-state index in [4.69, 9.17) is 0 Å². The van der Waals surface area contributed by atoms with Gasteiger partial charge in [-0.1, -0.05) is 0 Å². The molecule has 2 heterocycles. The van der Waals surface area contributed by atoms with Gasteiger partial charge in [0.05, 0.1) is 0 Å². The second kappa shape index (κ2) is 2.27. The highest BCUT2D eigenvalue weighted by Gasteiger charge is 2.23. The van der Waals surface area contributed by atoms with Crippen LogP contribution in [0.4, 0.5) is 0 Å². The molecule has 52 valence electrons. The van der Waals surface area contributed by atoms with Gasteiger partial charge in [-0.3, -0.25) is 5.43 Å². The first kappa shape index (κ1) is 5.69. The van der Waals surface area contributed by atoms with Gasteiger partial charge in [0.1, 0.15) is 0 Å². The molecule has 0 spiro atoms. The molecule has 2 unspecified atom stereocenters. The first-order valence-electron chi connectivity index (χ1n) is 3.93. The van der Waals surface area contributed by atoms with Gasteiger partial charge in [0.25, 0.3) is 0 Å². The van der Waals surface area contributed by atoms with Crippen LogP contribution in [0, 0.1) is 5.92 Å². The maximum atomic E-state index is 3.41. The Hall–Kier alpha value is -0.0800. The molecule has 1 N–H and O–H groups in total. The van der Waals surface area contributed by atoms with E-state index in [-0.39, 0.29) is 0 Å². The van der Waals surface area contributed by atoms with Gasteiger partial charge >= 0.3 is 0 Å². The predicted octanol–water partition coefficient (Wildman–Crippen LogP) is 0.607. The average molecular weight is 126 g/mol. The van der Waals surface area contributed by atoms with Crippen molar-refractivity contribution in [2.45, 2.75) is 19.3 Å². The number of hydrogen-bond donors (Lipinski definition) is 1. The van der Waals surface area contributed by atoms with E-state index in [1.807, 2.05) is 0 Å². The molecular weight excluding hydrogens is 112 g/mol. The van der Waals surface area contributed by atoms with Crippen molar-refractivity contribution in [1.82, 2.24) is 10.4 Å². The molecule has 2 aliphatic heterocycles. The third-order valence-corrected chi connectivity index (χ3v) is 2.41. The fourth-order valence-corrected chi connectivity index (χ4v) is 1.84. The molecule has 2 bridgehead atoms. The zero-order valence-corrected chi connectivity index (χ0v) is 5.77. The Kier molecular flexibility index (Phi) is 1.44. The molecule has 2 nitrogen and oxygen atoms in total. The van der Waals surface area contributed by atoms with Gasteiger partial charge in [0.2, 0.25) is 0 Å². The number of nitrogens with one attached hydrogen (secondary N) is 1. The maximum absolute atomic E-state index is 3.41. The van der Waals surface area contributed by atoms with Crippen molar-refractivity contribution in [2.24, 2.45) is 5.92 Å². The zero-order chi connectivity index (χ0) is 6.10. The minimum atomic E-state index is 1.01.